The number of carbonyl (C=O) groups is 1. The molecule has 0 aromatic carbocycles. The molecule has 1 atom stereocenters. The van der Waals surface area contributed by atoms with Crippen molar-refractivity contribution in [2.75, 3.05) is 13.1 Å². The topological polar surface area (TPSA) is 71.2 Å². The molecule has 116 valence electrons. The number of aliphatic hydroxyl groups is 1. The average molecular weight is 300 g/mol. The van der Waals surface area contributed by atoms with E-state index >= 15 is 0 Å². The van der Waals surface area contributed by atoms with E-state index in [0.717, 1.165) is 24.2 Å². The molecule has 0 aliphatic carbocycles. The number of nitrogens with zero attached hydrogens (tertiary/aromatic N) is 4. The fourth-order valence-corrected chi connectivity index (χ4v) is 2.82. The molecule has 1 fully saturated rings. The van der Waals surface area contributed by atoms with Crippen LogP contribution in [0.15, 0.2) is 24.4 Å². The first-order valence-corrected chi connectivity index (χ1v) is 7.51. The van der Waals surface area contributed by atoms with Gasteiger partial charge in [0.1, 0.15) is 0 Å². The molecular formula is C16H20N4O2. The Morgan fingerprint density at radius 3 is 2.77 bits per heavy atom. The number of β-amino-alcohol motifs (C(OH)–C–C–N with tert-alkyl or cyclic N) is 1. The van der Waals surface area contributed by atoms with Crippen LogP contribution in [0.4, 0.5) is 0 Å². The Balaban J connectivity index is 1.79. The number of aliphatic hydroxyl groups excluding tert-OH is 1. The molecule has 3 rings (SSSR count). The maximum absolute atomic E-state index is 12.4. The van der Waals surface area contributed by atoms with Crippen LogP contribution in [0.2, 0.25) is 0 Å². The van der Waals surface area contributed by atoms with Crippen molar-refractivity contribution < 1.29 is 9.90 Å². The minimum atomic E-state index is -0.417. The number of carbonyl (C=O) groups excluding carboxylic acids is 1. The van der Waals surface area contributed by atoms with E-state index in [0.29, 0.717) is 24.5 Å². The molecule has 3 heterocycles. The van der Waals surface area contributed by atoms with Crippen LogP contribution in [-0.4, -0.2) is 49.9 Å². The van der Waals surface area contributed by atoms with Crippen molar-refractivity contribution in [3.05, 3.63) is 41.3 Å². The van der Waals surface area contributed by atoms with Gasteiger partial charge in [-0.25, -0.2) is 9.67 Å². The predicted molar refractivity (Wildman–Crippen MR) is 82.0 cm³/mol. The molecule has 0 spiro atoms. The SMILES string of the molecule is Cc1cc(C)n(-c2ccc(C(=O)N3CCCC(O)C3)cn2)n1. The van der Waals surface area contributed by atoms with Crippen LogP contribution in [0.25, 0.3) is 5.82 Å². The van der Waals surface area contributed by atoms with Gasteiger partial charge >= 0.3 is 0 Å². The van der Waals surface area contributed by atoms with Crippen molar-refractivity contribution in [2.45, 2.75) is 32.8 Å². The van der Waals surface area contributed by atoms with Crippen LogP contribution in [0.1, 0.15) is 34.6 Å². The van der Waals surface area contributed by atoms with E-state index in [1.54, 1.807) is 27.9 Å². The Labute approximate surface area is 129 Å². The molecule has 1 aliphatic rings. The Bertz CT molecular complexity index is 678. The predicted octanol–water partition coefficient (Wildman–Crippen LogP) is 1.48. The summed E-state index contributed by atoms with van der Waals surface area (Å²) >= 11 is 0. The Hall–Kier alpha value is -2.21. The molecule has 0 radical (unpaired) electrons. The van der Waals surface area contributed by atoms with Crippen LogP contribution >= 0.6 is 0 Å². The van der Waals surface area contributed by atoms with Crippen molar-refractivity contribution >= 4 is 5.91 Å². The van der Waals surface area contributed by atoms with Crippen LogP contribution in [-0.2, 0) is 0 Å². The van der Waals surface area contributed by atoms with Gasteiger partial charge in [0.15, 0.2) is 5.82 Å². The normalized spacial score (nSPS) is 18.5. The molecule has 1 amide bonds. The lowest BCUT2D eigenvalue weighted by Gasteiger charge is -2.30. The molecule has 1 unspecified atom stereocenters. The van der Waals surface area contributed by atoms with Crippen LogP contribution < -0.4 is 0 Å². The van der Waals surface area contributed by atoms with Crippen molar-refractivity contribution in [3.63, 3.8) is 0 Å². The number of likely N-dealkylation sites (tertiary alicyclic amines) is 1. The smallest absolute Gasteiger partial charge is 0.255 e. The van der Waals surface area contributed by atoms with E-state index in [1.807, 2.05) is 19.9 Å². The monoisotopic (exact) mass is 300 g/mol. The maximum atomic E-state index is 12.4. The Morgan fingerprint density at radius 1 is 1.36 bits per heavy atom. The third-order valence-corrected chi connectivity index (χ3v) is 3.91. The molecule has 2 aromatic rings. The molecule has 1 N–H and O–H groups in total. The van der Waals surface area contributed by atoms with E-state index in [9.17, 15) is 9.90 Å². The quantitative estimate of drug-likeness (QED) is 0.912. The number of hydrogen-bond donors (Lipinski definition) is 1. The average Bonchev–Trinajstić information content (AvgIpc) is 2.85. The number of amides is 1. The van der Waals surface area contributed by atoms with Gasteiger partial charge in [-0.15, -0.1) is 0 Å². The third-order valence-electron chi connectivity index (χ3n) is 3.91. The fraction of sp³-hybridized carbons (Fsp3) is 0.438. The minimum Gasteiger partial charge on any atom is -0.391 e. The van der Waals surface area contributed by atoms with Gasteiger partial charge in [0.2, 0.25) is 0 Å². The number of aryl methyl sites for hydroxylation is 2. The molecule has 2 aromatic heterocycles. The maximum Gasteiger partial charge on any atom is 0.255 e. The van der Waals surface area contributed by atoms with Gasteiger partial charge in [0.05, 0.1) is 17.4 Å². The van der Waals surface area contributed by atoms with Gasteiger partial charge in [0.25, 0.3) is 5.91 Å². The highest BCUT2D eigenvalue weighted by Crippen LogP contribution is 2.15. The van der Waals surface area contributed by atoms with E-state index in [2.05, 4.69) is 10.1 Å². The number of rotatable bonds is 2. The summed E-state index contributed by atoms with van der Waals surface area (Å²) in [5.74, 6) is 0.618. The molecular weight excluding hydrogens is 280 g/mol. The molecule has 22 heavy (non-hydrogen) atoms. The van der Waals surface area contributed by atoms with Crippen LogP contribution in [0.5, 0.6) is 0 Å². The standard InChI is InChI=1S/C16H20N4O2/c1-11-8-12(2)20(18-11)15-6-5-13(9-17-15)16(22)19-7-3-4-14(21)10-19/h5-6,8-9,14,21H,3-4,7,10H2,1-2H3. The lowest BCUT2D eigenvalue weighted by molar-refractivity contribution is 0.0473. The number of piperidine rings is 1. The summed E-state index contributed by atoms with van der Waals surface area (Å²) in [5.41, 5.74) is 2.48. The highest BCUT2D eigenvalue weighted by atomic mass is 16.3. The van der Waals surface area contributed by atoms with Gasteiger partial charge in [-0.2, -0.15) is 5.10 Å². The van der Waals surface area contributed by atoms with Crippen LogP contribution in [0.3, 0.4) is 0 Å². The first kappa shape index (κ1) is 14.7. The molecule has 6 nitrogen and oxygen atoms in total. The molecule has 0 bridgehead atoms. The zero-order chi connectivity index (χ0) is 15.7. The Morgan fingerprint density at radius 2 is 2.18 bits per heavy atom. The summed E-state index contributed by atoms with van der Waals surface area (Å²) in [6, 6.07) is 5.55. The van der Waals surface area contributed by atoms with Gasteiger partial charge in [-0.3, -0.25) is 4.79 Å². The number of hydrogen-bond acceptors (Lipinski definition) is 4. The molecule has 1 saturated heterocycles. The molecule has 0 saturated carbocycles. The zero-order valence-corrected chi connectivity index (χ0v) is 12.9. The first-order valence-electron chi connectivity index (χ1n) is 7.51. The summed E-state index contributed by atoms with van der Waals surface area (Å²) in [6.45, 7) is 4.99. The van der Waals surface area contributed by atoms with Crippen LogP contribution in [0, 0.1) is 13.8 Å². The van der Waals surface area contributed by atoms with E-state index in [-0.39, 0.29) is 5.91 Å². The zero-order valence-electron chi connectivity index (χ0n) is 12.9. The van der Waals surface area contributed by atoms with Crippen molar-refractivity contribution in [1.82, 2.24) is 19.7 Å². The van der Waals surface area contributed by atoms with Crippen molar-refractivity contribution in [3.8, 4) is 5.82 Å². The molecule has 6 heteroatoms. The Kier molecular flexibility index (Phi) is 3.94. The number of pyridine rings is 1. The first-order chi connectivity index (χ1) is 10.5. The highest BCUT2D eigenvalue weighted by Gasteiger charge is 2.23. The third kappa shape index (κ3) is 2.87. The summed E-state index contributed by atoms with van der Waals surface area (Å²) < 4.78 is 1.76. The van der Waals surface area contributed by atoms with Gasteiger partial charge in [-0.05, 0) is 44.9 Å². The summed E-state index contributed by atoms with van der Waals surface area (Å²) in [5, 5.41) is 14.1. The second kappa shape index (κ2) is 5.88. The van der Waals surface area contributed by atoms with Crippen molar-refractivity contribution in [1.29, 1.82) is 0 Å². The summed E-state index contributed by atoms with van der Waals surface area (Å²) in [7, 11) is 0. The second-order valence-electron chi connectivity index (χ2n) is 5.79. The summed E-state index contributed by atoms with van der Waals surface area (Å²) in [4.78, 5) is 18.5. The highest BCUT2D eigenvalue weighted by molar-refractivity contribution is 5.94. The van der Waals surface area contributed by atoms with Gasteiger partial charge < -0.3 is 10.0 Å². The van der Waals surface area contributed by atoms with Gasteiger partial charge in [0, 0.05) is 25.0 Å². The summed E-state index contributed by atoms with van der Waals surface area (Å²) in [6.07, 6.45) is 2.76. The van der Waals surface area contributed by atoms with E-state index in [4.69, 9.17) is 0 Å². The van der Waals surface area contributed by atoms with E-state index in [1.165, 1.54) is 0 Å². The molecule has 1 aliphatic heterocycles. The van der Waals surface area contributed by atoms with E-state index < -0.39 is 6.10 Å². The lowest BCUT2D eigenvalue weighted by Crippen LogP contribution is -2.42. The number of aromatic nitrogens is 3. The van der Waals surface area contributed by atoms with Crippen molar-refractivity contribution in [2.24, 2.45) is 0 Å². The fourth-order valence-electron chi connectivity index (χ4n) is 2.82. The minimum absolute atomic E-state index is 0.0776. The lowest BCUT2D eigenvalue weighted by atomic mass is 10.1. The van der Waals surface area contributed by atoms with Gasteiger partial charge in [-0.1, -0.05) is 0 Å². The second-order valence-corrected chi connectivity index (χ2v) is 5.79. The largest absolute Gasteiger partial charge is 0.391 e.